The summed E-state index contributed by atoms with van der Waals surface area (Å²) in [5, 5.41) is 5.67. The summed E-state index contributed by atoms with van der Waals surface area (Å²) in [4.78, 5) is 7.78. The summed E-state index contributed by atoms with van der Waals surface area (Å²) in [5.41, 5.74) is 18.0. The molecule has 0 spiro atoms. The fraction of sp³-hybridized carbons (Fsp3) is 0. The molecule has 314 valence electrons. The van der Waals surface area contributed by atoms with E-state index >= 15 is 0 Å². The number of anilines is 3. The fourth-order valence-electron chi connectivity index (χ4n) is 10.0. The Labute approximate surface area is 387 Å². The summed E-state index contributed by atoms with van der Waals surface area (Å²) in [6.45, 7) is 0. The van der Waals surface area contributed by atoms with Gasteiger partial charge in [-0.1, -0.05) is 176 Å². The van der Waals surface area contributed by atoms with Gasteiger partial charge in [-0.2, -0.15) is 0 Å². The van der Waals surface area contributed by atoms with Gasteiger partial charge in [-0.25, -0.2) is 4.98 Å². The van der Waals surface area contributed by atoms with Crippen molar-refractivity contribution < 1.29 is 4.42 Å². The van der Waals surface area contributed by atoms with Gasteiger partial charge < -0.3 is 13.9 Å². The molecule has 0 aliphatic heterocycles. The van der Waals surface area contributed by atoms with Crippen LogP contribution in [0.4, 0.5) is 17.1 Å². The molecule has 0 N–H and O–H groups in total. The third kappa shape index (κ3) is 6.57. The van der Waals surface area contributed by atoms with Gasteiger partial charge in [0.05, 0.1) is 27.9 Å². The van der Waals surface area contributed by atoms with E-state index < -0.39 is 0 Å². The van der Waals surface area contributed by atoms with Gasteiger partial charge in [0.1, 0.15) is 11.2 Å². The van der Waals surface area contributed by atoms with E-state index in [9.17, 15) is 0 Å². The van der Waals surface area contributed by atoms with Gasteiger partial charge in [-0.05, 0) is 95.1 Å². The van der Waals surface area contributed by atoms with Crippen molar-refractivity contribution in [2.45, 2.75) is 0 Å². The number of hydrogen-bond donors (Lipinski definition) is 0. The van der Waals surface area contributed by atoms with Crippen LogP contribution in [0.15, 0.2) is 253 Å². The van der Waals surface area contributed by atoms with Crippen LogP contribution in [0.2, 0.25) is 0 Å². The van der Waals surface area contributed by atoms with Crippen LogP contribution in [-0.2, 0) is 0 Å². The van der Waals surface area contributed by atoms with Crippen LogP contribution in [-0.4, -0.2) is 9.55 Å². The van der Waals surface area contributed by atoms with Crippen LogP contribution < -0.4 is 4.90 Å². The highest BCUT2D eigenvalue weighted by Crippen LogP contribution is 2.46. The fourth-order valence-corrected chi connectivity index (χ4v) is 10.0. The van der Waals surface area contributed by atoms with Crippen LogP contribution in [0.25, 0.3) is 105 Å². The van der Waals surface area contributed by atoms with Crippen molar-refractivity contribution in [2.75, 3.05) is 4.90 Å². The molecule has 4 heteroatoms. The molecular weight excluding hydrogens is 815 g/mol. The van der Waals surface area contributed by atoms with Crippen molar-refractivity contribution in [1.29, 1.82) is 0 Å². The number of nitrogens with zero attached hydrogens (tertiary/aromatic N) is 3. The van der Waals surface area contributed by atoms with Gasteiger partial charge in [0.15, 0.2) is 0 Å². The molecule has 13 aromatic rings. The maximum atomic E-state index is 6.50. The molecule has 3 heterocycles. The standard InChI is InChI=1S/C63H41N3O/c1-4-16-42(17-5-1)43-30-35-49(36-31-43)65(50-37-32-45(33-38-50)51-24-14-25-53-52-23-11-13-29-60(52)67-63(51)53)57-27-15-28-58-61(57)54-39-34-47(41-59(54)66(58)48-21-8-3-9-22-48)62-55(44-18-6-2-7-19-44)40-46-20-10-12-26-56(46)64-62/h1-41H. The van der Waals surface area contributed by atoms with Crippen LogP contribution in [0.1, 0.15) is 0 Å². The molecule has 0 radical (unpaired) electrons. The SMILES string of the molecule is c1ccc(-c2ccc(N(c3ccc(-c4cccc5c4oc4ccccc45)cc3)c3cccc4c3c3ccc(-c5nc6ccccc6cc5-c5ccccc5)cc3n4-c3ccccc3)cc2)cc1. The van der Waals surface area contributed by atoms with Gasteiger partial charge in [0, 0.05) is 60.7 Å². The Hall–Kier alpha value is -8.99. The maximum Gasteiger partial charge on any atom is 0.143 e. The van der Waals surface area contributed by atoms with E-state index in [0.29, 0.717) is 0 Å². The second-order valence-electron chi connectivity index (χ2n) is 17.1. The topological polar surface area (TPSA) is 34.2 Å². The van der Waals surface area contributed by atoms with Gasteiger partial charge in [0.25, 0.3) is 0 Å². The van der Waals surface area contributed by atoms with Gasteiger partial charge >= 0.3 is 0 Å². The van der Waals surface area contributed by atoms with Crippen LogP contribution in [0.5, 0.6) is 0 Å². The predicted octanol–water partition coefficient (Wildman–Crippen LogP) is 17.4. The summed E-state index contributed by atoms with van der Waals surface area (Å²) in [6.07, 6.45) is 0. The molecule has 0 aliphatic rings. The molecule has 0 atom stereocenters. The first-order valence-corrected chi connectivity index (χ1v) is 22.8. The average molecular weight is 856 g/mol. The summed E-state index contributed by atoms with van der Waals surface area (Å²) in [7, 11) is 0. The number of fused-ring (bicyclic) bond motifs is 7. The lowest BCUT2D eigenvalue weighted by atomic mass is 9.96. The Bertz CT molecular complexity index is 3950. The number of para-hydroxylation sites is 4. The molecule has 0 unspecified atom stereocenters. The molecule has 0 amide bonds. The molecule has 0 bridgehead atoms. The first kappa shape index (κ1) is 38.5. The van der Waals surface area contributed by atoms with E-state index in [4.69, 9.17) is 9.40 Å². The largest absolute Gasteiger partial charge is 0.455 e. The average Bonchev–Trinajstić information content (AvgIpc) is 3.96. The van der Waals surface area contributed by atoms with Crippen molar-refractivity contribution in [2.24, 2.45) is 0 Å². The molecule has 67 heavy (non-hydrogen) atoms. The lowest BCUT2D eigenvalue weighted by Crippen LogP contribution is -2.10. The highest BCUT2D eigenvalue weighted by Gasteiger charge is 2.23. The Kier molecular flexibility index (Phi) is 9.14. The summed E-state index contributed by atoms with van der Waals surface area (Å²) < 4.78 is 8.91. The Morgan fingerprint density at radius 1 is 0.388 bits per heavy atom. The van der Waals surface area contributed by atoms with Gasteiger partial charge in [0.2, 0.25) is 0 Å². The van der Waals surface area contributed by atoms with E-state index in [1.54, 1.807) is 0 Å². The molecule has 4 nitrogen and oxygen atoms in total. The lowest BCUT2D eigenvalue weighted by molar-refractivity contribution is 0.670. The molecule has 13 rings (SSSR count). The predicted molar refractivity (Wildman–Crippen MR) is 280 cm³/mol. The molecular formula is C63H41N3O. The second-order valence-corrected chi connectivity index (χ2v) is 17.1. The van der Waals surface area contributed by atoms with E-state index in [2.05, 4.69) is 246 Å². The van der Waals surface area contributed by atoms with Gasteiger partial charge in [-0.3, -0.25) is 0 Å². The summed E-state index contributed by atoms with van der Waals surface area (Å²) >= 11 is 0. The Balaban J connectivity index is 1.02. The molecule has 0 saturated heterocycles. The van der Waals surface area contributed by atoms with Crippen molar-refractivity contribution in [1.82, 2.24) is 9.55 Å². The number of rotatable bonds is 8. The van der Waals surface area contributed by atoms with Crippen molar-refractivity contribution in [3.63, 3.8) is 0 Å². The highest BCUT2D eigenvalue weighted by atomic mass is 16.3. The number of hydrogen-bond acceptors (Lipinski definition) is 3. The third-order valence-corrected chi connectivity index (χ3v) is 13.2. The number of pyridine rings is 1. The number of benzene rings is 10. The lowest BCUT2D eigenvalue weighted by Gasteiger charge is -2.27. The quantitative estimate of drug-likeness (QED) is 0.153. The van der Waals surface area contributed by atoms with Crippen molar-refractivity contribution in [3.8, 4) is 50.3 Å². The van der Waals surface area contributed by atoms with Crippen molar-refractivity contribution >= 4 is 71.7 Å². The minimum atomic E-state index is 0.895. The number of aromatic nitrogens is 2. The molecule has 0 fully saturated rings. The molecule has 10 aromatic carbocycles. The van der Waals surface area contributed by atoms with Crippen LogP contribution in [0, 0.1) is 0 Å². The first-order chi connectivity index (χ1) is 33.2. The molecule has 0 saturated carbocycles. The Morgan fingerprint density at radius 2 is 0.985 bits per heavy atom. The van der Waals surface area contributed by atoms with E-state index in [1.807, 2.05) is 12.1 Å². The summed E-state index contributed by atoms with van der Waals surface area (Å²) in [6, 6.07) is 88.8. The van der Waals surface area contributed by atoms with Crippen LogP contribution >= 0.6 is 0 Å². The zero-order valence-corrected chi connectivity index (χ0v) is 36.4. The van der Waals surface area contributed by atoms with Crippen molar-refractivity contribution in [3.05, 3.63) is 249 Å². The molecule has 3 aromatic heterocycles. The van der Waals surface area contributed by atoms with E-state index in [1.165, 1.54) is 11.1 Å². The monoisotopic (exact) mass is 855 g/mol. The zero-order valence-electron chi connectivity index (χ0n) is 36.4. The minimum absolute atomic E-state index is 0.895. The molecule has 0 aliphatic carbocycles. The Morgan fingerprint density at radius 3 is 1.76 bits per heavy atom. The first-order valence-electron chi connectivity index (χ1n) is 22.8. The smallest absolute Gasteiger partial charge is 0.143 e. The van der Waals surface area contributed by atoms with E-state index in [-0.39, 0.29) is 0 Å². The van der Waals surface area contributed by atoms with Crippen LogP contribution in [0.3, 0.4) is 0 Å². The zero-order chi connectivity index (χ0) is 44.3. The van der Waals surface area contributed by atoms with Gasteiger partial charge in [-0.15, -0.1) is 0 Å². The minimum Gasteiger partial charge on any atom is -0.455 e. The normalized spacial score (nSPS) is 11.6. The highest BCUT2D eigenvalue weighted by molar-refractivity contribution is 6.17. The number of furan rings is 1. The third-order valence-electron chi connectivity index (χ3n) is 13.2. The summed E-state index contributed by atoms with van der Waals surface area (Å²) in [5.74, 6) is 0. The second kappa shape index (κ2) is 15.9. The maximum absolute atomic E-state index is 6.50. The van der Waals surface area contributed by atoms with E-state index in [0.717, 1.165) is 111 Å².